The first-order valence-electron chi connectivity index (χ1n) is 11.4. The molecule has 1 aliphatic carbocycles. The molecular weight excluding hydrogens is 400 g/mol. The second kappa shape index (κ2) is 9.29. The molecule has 2 aromatic carbocycles. The Morgan fingerprint density at radius 1 is 1.09 bits per heavy atom. The lowest BCUT2D eigenvalue weighted by Gasteiger charge is -2.36. The smallest absolute Gasteiger partial charge is 0.327 e. The summed E-state index contributed by atoms with van der Waals surface area (Å²) in [6.45, 7) is 6.11. The topological polar surface area (TPSA) is 58.6 Å². The van der Waals surface area contributed by atoms with Crippen LogP contribution in [0.3, 0.4) is 0 Å². The van der Waals surface area contributed by atoms with Crippen molar-refractivity contribution >= 4 is 11.9 Å². The number of nitrogens with one attached hydrogen (secondary N) is 1. The summed E-state index contributed by atoms with van der Waals surface area (Å²) in [6, 6.07) is 15.4. The molecule has 0 aromatic heterocycles. The van der Waals surface area contributed by atoms with Gasteiger partial charge in [0, 0.05) is 5.57 Å². The maximum atomic E-state index is 13.5. The summed E-state index contributed by atoms with van der Waals surface area (Å²) in [7, 11) is 1.41. The Morgan fingerprint density at radius 3 is 2.50 bits per heavy atom. The highest BCUT2D eigenvalue weighted by Gasteiger charge is 2.44. The minimum Gasteiger partial charge on any atom is -0.468 e. The number of nitrogens with zero attached hydrogens (tertiary/aromatic N) is 1. The van der Waals surface area contributed by atoms with E-state index in [1.54, 1.807) is 0 Å². The molecule has 0 radical (unpaired) electrons. The number of hydrogen-bond donors (Lipinski definition) is 1. The van der Waals surface area contributed by atoms with Gasteiger partial charge in [0.25, 0.3) is 5.91 Å². The first-order chi connectivity index (χ1) is 15.4. The van der Waals surface area contributed by atoms with Crippen molar-refractivity contribution in [2.24, 2.45) is 0 Å². The van der Waals surface area contributed by atoms with E-state index >= 15 is 0 Å². The molecule has 32 heavy (non-hydrogen) atoms. The average molecular weight is 433 g/mol. The molecule has 4 rings (SSSR count). The number of amides is 1. The normalized spacial score (nSPS) is 20.2. The molecular formula is C27H32N2O3. The molecule has 0 spiro atoms. The van der Waals surface area contributed by atoms with E-state index in [4.69, 9.17) is 4.74 Å². The first kappa shape index (κ1) is 22.3. The predicted molar refractivity (Wildman–Crippen MR) is 125 cm³/mol. The van der Waals surface area contributed by atoms with Gasteiger partial charge in [-0.1, -0.05) is 54.1 Å². The highest BCUT2D eigenvalue weighted by molar-refractivity contribution is 5.98. The number of carbonyl (C=O) groups excluding carboxylic acids is 2. The Labute approximate surface area is 190 Å². The summed E-state index contributed by atoms with van der Waals surface area (Å²) in [5.41, 5.74) is 6.17. The summed E-state index contributed by atoms with van der Waals surface area (Å²) in [5.74, 6) is -0.264. The zero-order valence-corrected chi connectivity index (χ0v) is 19.4. The van der Waals surface area contributed by atoms with E-state index < -0.39 is 6.04 Å². The first-order valence-corrected chi connectivity index (χ1v) is 11.4. The summed E-state index contributed by atoms with van der Waals surface area (Å²) in [4.78, 5) is 28.4. The fraction of sp³-hybridized carbons (Fsp3) is 0.407. The molecule has 0 saturated heterocycles. The highest BCUT2D eigenvalue weighted by atomic mass is 16.5. The third-order valence-electron chi connectivity index (χ3n) is 6.81. The average Bonchev–Trinajstić information content (AvgIpc) is 3.09. The molecule has 1 heterocycles. The van der Waals surface area contributed by atoms with E-state index in [9.17, 15) is 9.59 Å². The van der Waals surface area contributed by atoms with Crippen LogP contribution in [0.25, 0.3) is 0 Å². The summed E-state index contributed by atoms with van der Waals surface area (Å²) in [6.07, 6.45) is 3.43. The molecule has 1 N–H and O–H groups in total. The largest absolute Gasteiger partial charge is 0.468 e. The van der Waals surface area contributed by atoms with Crippen LogP contribution in [-0.4, -0.2) is 30.1 Å². The van der Waals surface area contributed by atoms with Gasteiger partial charge in [0.15, 0.2) is 0 Å². The van der Waals surface area contributed by atoms with Gasteiger partial charge in [-0.3, -0.25) is 10.1 Å². The fourth-order valence-electron chi connectivity index (χ4n) is 5.10. The van der Waals surface area contributed by atoms with Gasteiger partial charge in [0.1, 0.15) is 12.2 Å². The van der Waals surface area contributed by atoms with Crippen molar-refractivity contribution in [1.82, 2.24) is 10.2 Å². The number of methoxy groups -OCH3 is 1. The minimum atomic E-state index is -0.655. The highest BCUT2D eigenvalue weighted by Crippen LogP contribution is 2.40. The van der Waals surface area contributed by atoms with Gasteiger partial charge in [0.05, 0.1) is 13.2 Å². The minimum absolute atomic E-state index is 0.0813. The maximum Gasteiger partial charge on any atom is 0.327 e. The molecule has 168 valence electrons. The summed E-state index contributed by atoms with van der Waals surface area (Å²) >= 11 is 0. The number of benzene rings is 2. The molecule has 1 amide bonds. The zero-order valence-electron chi connectivity index (χ0n) is 19.4. The van der Waals surface area contributed by atoms with Gasteiger partial charge in [-0.25, -0.2) is 4.79 Å². The Balaban J connectivity index is 1.74. The second-order valence-corrected chi connectivity index (χ2v) is 8.90. The Hall–Kier alpha value is -2.92. The number of hydrogen-bond acceptors (Lipinski definition) is 4. The fourth-order valence-corrected chi connectivity index (χ4v) is 5.10. The molecule has 0 unspecified atom stereocenters. The Morgan fingerprint density at radius 2 is 1.81 bits per heavy atom. The van der Waals surface area contributed by atoms with Gasteiger partial charge in [0.2, 0.25) is 0 Å². The van der Waals surface area contributed by atoms with Gasteiger partial charge in [-0.15, -0.1) is 0 Å². The van der Waals surface area contributed by atoms with Crippen molar-refractivity contribution in [2.75, 3.05) is 7.11 Å². The zero-order chi connectivity index (χ0) is 22.8. The van der Waals surface area contributed by atoms with Crippen LogP contribution in [0.15, 0.2) is 59.7 Å². The summed E-state index contributed by atoms with van der Waals surface area (Å²) in [5, 5.41) is 3.55. The quantitative estimate of drug-likeness (QED) is 0.659. The standard InChI is InChI=1S/C27H32N2O3/c1-17-14-15-21(18(2)16-17)24(27(31)32-4)28-25-22-12-8-9-13-23(22)26(30)29(25)19(3)20-10-6-5-7-11-20/h5-7,10-11,14-16,19,24-25,28H,8-9,12-13H2,1-4H3/t19-,24-,25-/m1/s1. The van der Waals surface area contributed by atoms with Crippen LogP contribution in [0.4, 0.5) is 0 Å². The van der Waals surface area contributed by atoms with Crippen molar-refractivity contribution in [2.45, 2.75) is 64.7 Å². The number of carbonyl (C=O) groups is 2. The molecule has 0 fully saturated rings. The van der Waals surface area contributed by atoms with Crippen LogP contribution in [0.2, 0.25) is 0 Å². The van der Waals surface area contributed by atoms with Crippen LogP contribution in [0, 0.1) is 13.8 Å². The lowest BCUT2D eigenvalue weighted by molar-refractivity contribution is -0.144. The van der Waals surface area contributed by atoms with E-state index in [1.165, 1.54) is 7.11 Å². The Kier molecular flexibility index (Phi) is 6.47. The SMILES string of the molecule is COC(=O)[C@H](N[C@H]1C2=C(CCCC2)C(=O)N1[C@H](C)c1ccccc1)c1ccc(C)cc1C. The molecule has 2 aliphatic rings. The van der Waals surface area contributed by atoms with Gasteiger partial charge in [-0.05, 0) is 68.7 Å². The molecule has 0 bridgehead atoms. The van der Waals surface area contributed by atoms with E-state index in [1.807, 2.05) is 61.2 Å². The molecule has 2 aromatic rings. The van der Waals surface area contributed by atoms with Crippen molar-refractivity contribution in [3.63, 3.8) is 0 Å². The van der Waals surface area contributed by atoms with Crippen molar-refractivity contribution < 1.29 is 14.3 Å². The number of rotatable bonds is 6. The predicted octanol–water partition coefficient (Wildman–Crippen LogP) is 4.91. The van der Waals surface area contributed by atoms with Crippen LogP contribution in [0.1, 0.15) is 66.9 Å². The van der Waals surface area contributed by atoms with Crippen molar-refractivity contribution in [1.29, 1.82) is 0 Å². The lowest BCUT2D eigenvalue weighted by atomic mass is 9.91. The molecule has 5 heteroatoms. The number of esters is 1. The number of ether oxygens (including phenoxy) is 1. The Bertz CT molecular complexity index is 1040. The van der Waals surface area contributed by atoms with E-state index in [0.29, 0.717) is 0 Å². The lowest BCUT2D eigenvalue weighted by Crippen LogP contribution is -2.49. The third kappa shape index (κ3) is 4.09. The van der Waals surface area contributed by atoms with Gasteiger partial charge >= 0.3 is 5.97 Å². The van der Waals surface area contributed by atoms with Gasteiger partial charge in [-0.2, -0.15) is 0 Å². The maximum absolute atomic E-state index is 13.5. The van der Waals surface area contributed by atoms with Crippen molar-refractivity contribution in [3.05, 3.63) is 81.9 Å². The van der Waals surface area contributed by atoms with Crippen molar-refractivity contribution in [3.8, 4) is 0 Å². The summed E-state index contributed by atoms with van der Waals surface area (Å²) < 4.78 is 5.18. The molecule has 1 aliphatic heterocycles. The molecule has 0 saturated carbocycles. The second-order valence-electron chi connectivity index (χ2n) is 8.90. The van der Waals surface area contributed by atoms with Crippen LogP contribution in [0.5, 0.6) is 0 Å². The van der Waals surface area contributed by atoms with E-state index in [-0.39, 0.29) is 24.1 Å². The molecule has 3 atom stereocenters. The van der Waals surface area contributed by atoms with Crippen LogP contribution >= 0.6 is 0 Å². The molecule has 5 nitrogen and oxygen atoms in total. The van der Waals surface area contributed by atoms with Crippen LogP contribution in [-0.2, 0) is 14.3 Å². The van der Waals surface area contributed by atoms with E-state index in [2.05, 4.69) is 18.3 Å². The third-order valence-corrected chi connectivity index (χ3v) is 6.81. The number of aryl methyl sites for hydroxylation is 2. The van der Waals surface area contributed by atoms with Gasteiger partial charge < -0.3 is 9.64 Å². The monoisotopic (exact) mass is 432 g/mol. The van der Waals surface area contributed by atoms with E-state index in [0.717, 1.165) is 59.1 Å². The van der Waals surface area contributed by atoms with Crippen LogP contribution < -0.4 is 5.32 Å².